The summed E-state index contributed by atoms with van der Waals surface area (Å²) in [6.45, 7) is 4.11. The van der Waals surface area contributed by atoms with Crippen LogP contribution in [0.4, 0.5) is 17.3 Å². The Kier molecular flexibility index (Phi) is 3.46. The molecule has 0 atom stereocenters. The molecule has 0 spiro atoms. The maximum absolute atomic E-state index is 5.84. The molecule has 2 aromatic rings. The van der Waals surface area contributed by atoms with Crippen LogP contribution in [-0.4, -0.2) is 17.0 Å². The van der Waals surface area contributed by atoms with Crippen LogP contribution in [0.3, 0.4) is 0 Å². The minimum Gasteiger partial charge on any atom is -0.384 e. The Labute approximate surface area is 107 Å². The van der Waals surface area contributed by atoms with Gasteiger partial charge in [-0.3, -0.25) is 0 Å². The van der Waals surface area contributed by atoms with Gasteiger partial charge in [0.15, 0.2) is 0 Å². The quantitative estimate of drug-likeness (QED) is 0.899. The van der Waals surface area contributed by atoms with Gasteiger partial charge in [0.1, 0.15) is 17.5 Å². The number of benzene rings is 1. The highest BCUT2D eigenvalue weighted by Gasteiger charge is 2.10. The van der Waals surface area contributed by atoms with Crippen molar-refractivity contribution in [1.82, 2.24) is 9.97 Å². The number of nitrogens with two attached hydrogens (primary N) is 1. The highest BCUT2D eigenvalue weighted by atomic mass is 15.2. The predicted octanol–water partition coefficient (Wildman–Crippen LogP) is 2.95. The summed E-state index contributed by atoms with van der Waals surface area (Å²) in [5, 5.41) is 0. The number of nitrogen functional groups attached to an aromatic ring is 1. The van der Waals surface area contributed by atoms with Gasteiger partial charge < -0.3 is 10.6 Å². The smallest absolute Gasteiger partial charge is 0.138 e. The molecule has 0 unspecified atom stereocenters. The summed E-state index contributed by atoms with van der Waals surface area (Å²) in [6, 6.07) is 11.9. The minimum atomic E-state index is 0.261. The molecule has 0 saturated heterocycles. The molecule has 0 bridgehead atoms. The molecule has 0 aliphatic carbocycles. The first-order valence-electron chi connectivity index (χ1n) is 6.01. The molecule has 4 nitrogen and oxygen atoms in total. The number of anilines is 3. The van der Waals surface area contributed by atoms with E-state index in [0.717, 1.165) is 17.3 Å². The van der Waals surface area contributed by atoms with Crippen molar-refractivity contribution in [2.45, 2.75) is 19.8 Å². The van der Waals surface area contributed by atoms with Crippen LogP contribution in [0.1, 0.15) is 25.6 Å². The maximum atomic E-state index is 5.84. The average molecular weight is 242 g/mol. The van der Waals surface area contributed by atoms with E-state index in [0.29, 0.717) is 5.82 Å². The Morgan fingerprint density at radius 1 is 1.11 bits per heavy atom. The van der Waals surface area contributed by atoms with E-state index in [-0.39, 0.29) is 5.92 Å². The fraction of sp³-hybridized carbons (Fsp3) is 0.286. The second-order valence-electron chi connectivity index (χ2n) is 4.56. The molecule has 0 aliphatic rings. The third-order valence-corrected chi connectivity index (χ3v) is 2.75. The van der Waals surface area contributed by atoms with Crippen LogP contribution in [0.5, 0.6) is 0 Å². The molecule has 0 fully saturated rings. The van der Waals surface area contributed by atoms with Gasteiger partial charge in [0, 0.05) is 24.7 Å². The highest BCUT2D eigenvalue weighted by Crippen LogP contribution is 2.24. The van der Waals surface area contributed by atoms with E-state index in [9.17, 15) is 0 Å². The van der Waals surface area contributed by atoms with Crippen molar-refractivity contribution in [1.29, 1.82) is 0 Å². The third kappa shape index (κ3) is 2.59. The van der Waals surface area contributed by atoms with Crippen LogP contribution in [-0.2, 0) is 0 Å². The zero-order valence-electron chi connectivity index (χ0n) is 11.0. The molecular weight excluding hydrogens is 224 g/mol. The van der Waals surface area contributed by atoms with Crippen molar-refractivity contribution < 1.29 is 0 Å². The topological polar surface area (TPSA) is 55.0 Å². The van der Waals surface area contributed by atoms with Crippen molar-refractivity contribution in [3.63, 3.8) is 0 Å². The Hall–Kier alpha value is -2.10. The van der Waals surface area contributed by atoms with Crippen molar-refractivity contribution >= 4 is 17.3 Å². The van der Waals surface area contributed by atoms with Crippen molar-refractivity contribution in [2.75, 3.05) is 17.7 Å². The van der Waals surface area contributed by atoms with Gasteiger partial charge in [-0.2, -0.15) is 0 Å². The predicted molar refractivity (Wildman–Crippen MR) is 75.0 cm³/mol. The summed E-state index contributed by atoms with van der Waals surface area (Å²) >= 11 is 0. The number of hydrogen-bond donors (Lipinski definition) is 1. The summed E-state index contributed by atoms with van der Waals surface area (Å²) < 4.78 is 0. The Morgan fingerprint density at radius 2 is 1.78 bits per heavy atom. The number of nitrogens with zero attached hydrogens (tertiary/aromatic N) is 3. The maximum Gasteiger partial charge on any atom is 0.138 e. The van der Waals surface area contributed by atoms with Crippen molar-refractivity contribution in [3.05, 3.63) is 42.2 Å². The van der Waals surface area contributed by atoms with Crippen LogP contribution in [0.25, 0.3) is 0 Å². The molecule has 0 amide bonds. The first kappa shape index (κ1) is 12.4. The zero-order chi connectivity index (χ0) is 13.1. The summed E-state index contributed by atoms with van der Waals surface area (Å²) in [5.74, 6) is 2.35. The van der Waals surface area contributed by atoms with Crippen LogP contribution >= 0.6 is 0 Å². The van der Waals surface area contributed by atoms with Crippen LogP contribution < -0.4 is 10.6 Å². The van der Waals surface area contributed by atoms with Gasteiger partial charge in [-0.05, 0) is 12.1 Å². The second-order valence-corrected chi connectivity index (χ2v) is 4.56. The molecule has 0 aliphatic heterocycles. The van der Waals surface area contributed by atoms with E-state index in [1.807, 2.05) is 42.3 Å². The molecule has 94 valence electrons. The van der Waals surface area contributed by atoms with Gasteiger partial charge in [-0.25, -0.2) is 9.97 Å². The van der Waals surface area contributed by atoms with E-state index >= 15 is 0 Å². The largest absolute Gasteiger partial charge is 0.384 e. The fourth-order valence-electron chi connectivity index (χ4n) is 1.69. The SMILES string of the molecule is CC(C)c1nc(N)cc(N(C)c2ccccc2)n1. The van der Waals surface area contributed by atoms with Crippen LogP contribution in [0, 0.1) is 0 Å². The molecule has 1 aromatic carbocycles. The van der Waals surface area contributed by atoms with Crippen LogP contribution in [0.2, 0.25) is 0 Å². The molecule has 1 aromatic heterocycles. The Morgan fingerprint density at radius 3 is 2.39 bits per heavy atom. The lowest BCUT2D eigenvalue weighted by Gasteiger charge is -2.19. The van der Waals surface area contributed by atoms with Crippen molar-refractivity contribution in [2.24, 2.45) is 0 Å². The minimum absolute atomic E-state index is 0.261. The molecule has 18 heavy (non-hydrogen) atoms. The van der Waals surface area contributed by atoms with Gasteiger partial charge >= 0.3 is 0 Å². The highest BCUT2D eigenvalue weighted by molar-refractivity contribution is 5.61. The summed E-state index contributed by atoms with van der Waals surface area (Å²) in [5.41, 5.74) is 6.91. The zero-order valence-corrected chi connectivity index (χ0v) is 11.0. The molecule has 2 N–H and O–H groups in total. The van der Waals surface area contributed by atoms with E-state index < -0.39 is 0 Å². The number of hydrogen-bond acceptors (Lipinski definition) is 4. The normalized spacial score (nSPS) is 10.7. The van der Waals surface area contributed by atoms with Crippen LogP contribution in [0.15, 0.2) is 36.4 Å². The van der Waals surface area contributed by atoms with Gasteiger partial charge in [0.05, 0.1) is 0 Å². The summed E-state index contributed by atoms with van der Waals surface area (Å²) in [6.07, 6.45) is 0. The monoisotopic (exact) mass is 242 g/mol. The van der Waals surface area contributed by atoms with E-state index in [2.05, 4.69) is 23.8 Å². The summed E-state index contributed by atoms with van der Waals surface area (Å²) in [4.78, 5) is 10.8. The first-order chi connectivity index (χ1) is 8.58. The van der Waals surface area contributed by atoms with E-state index in [4.69, 9.17) is 5.73 Å². The van der Waals surface area contributed by atoms with E-state index in [1.54, 1.807) is 6.07 Å². The first-order valence-corrected chi connectivity index (χ1v) is 6.01. The lowest BCUT2D eigenvalue weighted by Crippen LogP contribution is -2.14. The number of aromatic nitrogens is 2. The molecule has 0 radical (unpaired) electrons. The molecule has 1 heterocycles. The average Bonchev–Trinajstić information content (AvgIpc) is 2.38. The van der Waals surface area contributed by atoms with Gasteiger partial charge in [0.2, 0.25) is 0 Å². The molecule has 2 rings (SSSR count). The fourth-order valence-corrected chi connectivity index (χ4v) is 1.69. The molecule has 4 heteroatoms. The number of para-hydroxylation sites is 1. The summed E-state index contributed by atoms with van der Waals surface area (Å²) in [7, 11) is 1.97. The van der Waals surface area contributed by atoms with Gasteiger partial charge in [-0.1, -0.05) is 32.0 Å². The Balaban J connectivity index is 2.39. The lowest BCUT2D eigenvalue weighted by atomic mass is 10.2. The van der Waals surface area contributed by atoms with Gasteiger partial charge in [-0.15, -0.1) is 0 Å². The molecule has 0 saturated carbocycles. The second kappa shape index (κ2) is 5.04. The third-order valence-electron chi connectivity index (χ3n) is 2.75. The molecular formula is C14H18N4. The lowest BCUT2D eigenvalue weighted by molar-refractivity contribution is 0.775. The Bertz CT molecular complexity index is 523. The van der Waals surface area contributed by atoms with Gasteiger partial charge in [0.25, 0.3) is 0 Å². The van der Waals surface area contributed by atoms with E-state index in [1.165, 1.54) is 0 Å². The number of rotatable bonds is 3. The standard InChI is InChI=1S/C14H18N4/c1-10(2)14-16-12(15)9-13(17-14)18(3)11-7-5-4-6-8-11/h4-10H,1-3H3,(H2,15,16,17). The van der Waals surface area contributed by atoms with Crippen molar-refractivity contribution in [3.8, 4) is 0 Å².